The predicted octanol–water partition coefficient (Wildman–Crippen LogP) is 7.92. The summed E-state index contributed by atoms with van der Waals surface area (Å²) >= 11 is 0. The number of ether oxygens (including phenoxy) is 2. The Hall–Kier alpha value is -0.850. The van der Waals surface area contributed by atoms with Gasteiger partial charge in [0.2, 0.25) is 6.29 Å². The molecule has 0 bridgehead atoms. The average Bonchev–Trinajstić information content (AvgIpc) is 3.18. The molecule has 0 heterocycles. The Labute approximate surface area is 368 Å². The van der Waals surface area contributed by atoms with Gasteiger partial charge in [-0.15, -0.1) is 0 Å². The smallest absolute Gasteiger partial charge is 0.459 e. The van der Waals surface area contributed by atoms with Crippen molar-refractivity contribution in [3.63, 3.8) is 0 Å². The molecule has 0 radical (unpaired) electrons. The maximum absolute atomic E-state index is 13.2. The molecule has 62 heavy (non-hydrogen) atoms. The van der Waals surface area contributed by atoms with Gasteiger partial charge in [0.25, 0.3) is 0 Å². The minimum Gasteiger partial charge on any atom is -0.459 e. The summed E-state index contributed by atoms with van der Waals surface area (Å²) in [5, 5.41) is 31.9. The third-order valence-corrected chi connectivity index (χ3v) is 12.7. The number of phosphoric ester groups is 3. The van der Waals surface area contributed by atoms with E-state index in [2.05, 4.69) is 22.9 Å². The lowest BCUT2D eigenvalue weighted by Gasteiger charge is -2.44. The van der Waals surface area contributed by atoms with E-state index in [1.165, 1.54) is 96.3 Å². The van der Waals surface area contributed by atoms with Crippen LogP contribution in [-0.4, -0.2) is 101 Å². The second-order valence-electron chi connectivity index (χ2n) is 16.3. The first-order valence-corrected chi connectivity index (χ1v) is 27.4. The van der Waals surface area contributed by atoms with E-state index in [0.29, 0.717) is 19.3 Å². The van der Waals surface area contributed by atoms with Crippen LogP contribution in [0, 0.1) is 0 Å². The van der Waals surface area contributed by atoms with Crippen molar-refractivity contribution in [3.8, 4) is 0 Å². The highest BCUT2D eigenvalue weighted by molar-refractivity contribution is 7.47. The van der Waals surface area contributed by atoms with Gasteiger partial charge in [-0.2, -0.15) is 0 Å². The molecule has 19 nitrogen and oxygen atoms in total. The summed E-state index contributed by atoms with van der Waals surface area (Å²) in [5.41, 5.74) is 0. The molecule has 0 aliphatic heterocycles. The molecule has 0 spiro atoms. The minimum atomic E-state index is -5.63. The Kier molecular flexibility index (Phi) is 32.1. The van der Waals surface area contributed by atoms with Crippen LogP contribution in [0.4, 0.5) is 0 Å². The van der Waals surface area contributed by atoms with E-state index in [0.717, 1.165) is 51.4 Å². The van der Waals surface area contributed by atoms with Crippen LogP contribution in [0.3, 0.4) is 0 Å². The number of carbonyl (C=O) groups excluding carboxylic acids is 2. The van der Waals surface area contributed by atoms with Crippen LogP contribution >= 0.6 is 23.5 Å². The van der Waals surface area contributed by atoms with Crippen molar-refractivity contribution in [2.45, 2.75) is 237 Å². The second-order valence-corrected chi connectivity index (χ2v) is 20.1. The highest BCUT2D eigenvalue weighted by Gasteiger charge is 2.56. The number of esters is 2. The van der Waals surface area contributed by atoms with E-state index in [1.54, 1.807) is 0 Å². The number of aliphatic hydroxyl groups is 3. The van der Waals surface area contributed by atoms with Gasteiger partial charge in [0, 0.05) is 12.8 Å². The van der Waals surface area contributed by atoms with Crippen LogP contribution in [0.15, 0.2) is 0 Å². The van der Waals surface area contributed by atoms with Gasteiger partial charge >= 0.3 is 35.4 Å². The van der Waals surface area contributed by atoms with Crippen LogP contribution in [-0.2, 0) is 50.9 Å². The largest absolute Gasteiger partial charge is 0.475 e. The first kappa shape index (κ1) is 59.2. The SMILES string of the molecule is CCCCCCCCCCCCCCCC(=O)OC[C@@H](OC(=O)CCCCCCCCCCCCCCC)OP(=O)(O)O[C@@H]1[C@H](O)[C@H](O)[C@@H](OP(=O)(O)O)[C@H](OP(=O)(O)O)[C@H]1O. The van der Waals surface area contributed by atoms with Crippen LogP contribution in [0.1, 0.15) is 194 Å². The van der Waals surface area contributed by atoms with Crippen molar-refractivity contribution < 1.29 is 90.6 Å². The number of carbonyl (C=O) groups is 2. The van der Waals surface area contributed by atoms with Gasteiger partial charge in [-0.05, 0) is 12.8 Å². The fraction of sp³-hybridized carbons (Fsp3) is 0.950. The Morgan fingerprint density at radius 2 is 0.774 bits per heavy atom. The Balaban J connectivity index is 2.79. The molecule has 1 saturated carbocycles. The van der Waals surface area contributed by atoms with Crippen molar-refractivity contribution in [1.29, 1.82) is 0 Å². The lowest BCUT2D eigenvalue weighted by molar-refractivity contribution is -0.216. The molecular formula is C40H79O19P3. The topological polar surface area (TPSA) is 303 Å². The van der Waals surface area contributed by atoms with E-state index in [1.807, 2.05) is 0 Å². The Bertz CT molecular complexity index is 1330. The van der Waals surface area contributed by atoms with Crippen molar-refractivity contribution in [2.75, 3.05) is 6.61 Å². The summed E-state index contributed by atoms with van der Waals surface area (Å²) in [6.45, 7) is 3.53. The number of rotatable bonds is 39. The number of unbranched alkanes of at least 4 members (excludes halogenated alkanes) is 24. The number of aliphatic hydroxyl groups excluding tert-OH is 3. The molecule has 0 aromatic rings. The zero-order chi connectivity index (χ0) is 46.4. The summed E-state index contributed by atoms with van der Waals surface area (Å²) < 4.78 is 65.3. The van der Waals surface area contributed by atoms with Crippen molar-refractivity contribution in [3.05, 3.63) is 0 Å². The maximum Gasteiger partial charge on any atom is 0.475 e. The van der Waals surface area contributed by atoms with Crippen LogP contribution in [0.2, 0.25) is 0 Å². The third kappa shape index (κ3) is 29.6. The second kappa shape index (κ2) is 33.6. The first-order chi connectivity index (χ1) is 29.3. The monoisotopic (exact) mass is 956 g/mol. The molecule has 8 N–H and O–H groups in total. The maximum atomic E-state index is 13.2. The lowest BCUT2D eigenvalue weighted by atomic mass is 9.85. The number of hydrogen-bond acceptors (Lipinski definition) is 14. The van der Waals surface area contributed by atoms with Gasteiger partial charge < -0.3 is 49.3 Å². The van der Waals surface area contributed by atoms with E-state index in [9.17, 15) is 63.1 Å². The number of hydrogen-bond donors (Lipinski definition) is 8. The Morgan fingerprint density at radius 1 is 0.452 bits per heavy atom. The summed E-state index contributed by atoms with van der Waals surface area (Å²) in [6.07, 6.45) is 11.0. The normalized spacial score (nSPS) is 22.3. The fourth-order valence-electron chi connectivity index (χ4n) is 7.28. The third-order valence-electron chi connectivity index (χ3n) is 10.7. The van der Waals surface area contributed by atoms with E-state index < -0.39 is 84.9 Å². The zero-order valence-corrected chi connectivity index (χ0v) is 39.6. The van der Waals surface area contributed by atoms with Crippen molar-refractivity contribution >= 4 is 35.4 Å². The van der Waals surface area contributed by atoms with Crippen LogP contribution < -0.4 is 0 Å². The lowest BCUT2D eigenvalue weighted by Crippen LogP contribution is -2.65. The molecule has 1 fully saturated rings. The van der Waals surface area contributed by atoms with Gasteiger partial charge in [0.05, 0.1) is 0 Å². The van der Waals surface area contributed by atoms with Gasteiger partial charge in [-0.25, -0.2) is 18.2 Å². The molecule has 0 saturated heterocycles. The standard InChI is InChI=1S/C40H79O19P3/c1-3-5-7-9-11-13-15-17-19-21-23-25-27-29-32(41)54-31-34(55-33(42)30-28-26-24-22-20-18-16-14-12-10-8-6-4-2)56-62(52,53)59-38-35(43)36(44)39(57-60(46,47)48)40(37(38)45)58-61(49,50)51/h34-40,43-45H,3-31H2,1-2H3,(H,52,53)(H2,46,47,48)(H2,49,50,51)/t34-,35+,36-,37-,38+,39+,40+/m0/s1. The zero-order valence-electron chi connectivity index (χ0n) is 37.0. The molecule has 1 unspecified atom stereocenters. The highest BCUT2D eigenvalue weighted by Crippen LogP contribution is 2.51. The van der Waals surface area contributed by atoms with Crippen LogP contribution in [0.25, 0.3) is 0 Å². The van der Waals surface area contributed by atoms with Gasteiger partial charge in [-0.3, -0.25) is 23.2 Å². The molecule has 1 aliphatic rings. The average molecular weight is 957 g/mol. The van der Waals surface area contributed by atoms with Gasteiger partial charge in [0.1, 0.15) is 36.6 Å². The van der Waals surface area contributed by atoms with Crippen LogP contribution in [0.5, 0.6) is 0 Å². The minimum absolute atomic E-state index is 0.00181. The van der Waals surface area contributed by atoms with E-state index >= 15 is 0 Å². The van der Waals surface area contributed by atoms with E-state index in [4.69, 9.17) is 18.5 Å². The van der Waals surface area contributed by atoms with Crippen molar-refractivity contribution in [1.82, 2.24) is 0 Å². The predicted molar refractivity (Wildman–Crippen MR) is 229 cm³/mol. The van der Waals surface area contributed by atoms with Crippen molar-refractivity contribution in [2.24, 2.45) is 0 Å². The molecule has 368 valence electrons. The summed E-state index contributed by atoms with van der Waals surface area (Å²) in [6, 6.07) is 0. The quantitative estimate of drug-likeness (QED) is 0.0126. The summed E-state index contributed by atoms with van der Waals surface area (Å²) in [7, 11) is -16.8. The Morgan fingerprint density at radius 3 is 1.15 bits per heavy atom. The molecule has 1 aliphatic carbocycles. The van der Waals surface area contributed by atoms with Gasteiger partial charge in [0.15, 0.2) is 6.61 Å². The molecule has 1 rings (SSSR count). The number of phosphoric acid groups is 3. The fourth-order valence-corrected chi connectivity index (χ4v) is 9.41. The molecule has 0 aromatic carbocycles. The highest BCUT2D eigenvalue weighted by atomic mass is 31.2. The molecule has 8 atom stereocenters. The molecule has 0 aromatic heterocycles. The molecular weight excluding hydrogens is 877 g/mol. The summed E-state index contributed by atoms with van der Waals surface area (Å²) in [4.78, 5) is 73.2. The molecule has 22 heteroatoms. The first-order valence-electron chi connectivity index (χ1n) is 22.9. The summed E-state index contributed by atoms with van der Waals surface area (Å²) in [5.74, 6) is -1.58. The van der Waals surface area contributed by atoms with Gasteiger partial charge in [-0.1, -0.05) is 168 Å². The van der Waals surface area contributed by atoms with E-state index in [-0.39, 0.29) is 12.8 Å². The molecule has 0 amide bonds.